The molecule has 1 aromatic carbocycles. The van der Waals surface area contributed by atoms with Gasteiger partial charge in [0.15, 0.2) is 0 Å². The molecule has 2 N–H and O–H groups in total. The van der Waals surface area contributed by atoms with Gasteiger partial charge in [0.1, 0.15) is 0 Å². The van der Waals surface area contributed by atoms with Crippen LogP contribution in [0, 0.1) is 5.92 Å². The second-order valence-corrected chi connectivity index (χ2v) is 5.54. The smallest absolute Gasteiger partial charge is 0.0378 e. The van der Waals surface area contributed by atoms with Gasteiger partial charge in [0.05, 0.1) is 0 Å². The first-order valence-electron chi connectivity index (χ1n) is 6.75. The molecule has 1 heterocycles. The van der Waals surface area contributed by atoms with Crippen LogP contribution >= 0.6 is 0 Å². The molecule has 0 radical (unpaired) electrons. The van der Waals surface area contributed by atoms with E-state index in [4.69, 9.17) is 0 Å². The number of nitrogens with one attached hydrogen (secondary N) is 2. The van der Waals surface area contributed by atoms with Crippen molar-refractivity contribution in [3.63, 3.8) is 0 Å². The van der Waals surface area contributed by atoms with E-state index in [1.54, 1.807) is 0 Å². The highest BCUT2D eigenvalue weighted by Crippen LogP contribution is 2.24. The molecule has 0 aromatic heterocycles. The summed E-state index contributed by atoms with van der Waals surface area (Å²) >= 11 is 0. The molecule has 1 aliphatic rings. The molecular formula is C15H24N2. The molecule has 0 amide bonds. The number of benzene rings is 1. The first kappa shape index (κ1) is 12.4. The van der Waals surface area contributed by atoms with Crippen LogP contribution in [0.1, 0.15) is 38.3 Å². The van der Waals surface area contributed by atoms with E-state index < -0.39 is 0 Å². The molecule has 2 heteroatoms. The first-order chi connectivity index (χ1) is 8.16. The van der Waals surface area contributed by atoms with Gasteiger partial charge in [-0.3, -0.25) is 0 Å². The number of hydrogen-bond acceptors (Lipinski definition) is 2. The fraction of sp³-hybridized carbons (Fsp3) is 0.600. The second-order valence-electron chi connectivity index (χ2n) is 5.54. The molecule has 1 unspecified atom stereocenters. The molecule has 0 saturated heterocycles. The van der Waals surface area contributed by atoms with E-state index in [1.807, 2.05) is 0 Å². The van der Waals surface area contributed by atoms with Crippen molar-refractivity contribution in [3.05, 3.63) is 29.3 Å². The Kier molecular flexibility index (Phi) is 4.06. The normalized spacial score (nSPS) is 16.7. The van der Waals surface area contributed by atoms with E-state index in [0.29, 0.717) is 6.04 Å². The lowest BCUT2D eigenvalue weighted by atomic mass is 9.98. The van der Waals surface area contributed by atoms with Crippen molar-refractivity contribution >= 4 is 5.69 Å². The van der Waals surface area contributed by atoms with Crippen molar-refractivity contribution in [1.29, 1.82) is 0 Å². The van der Waals surface area contributed by atoms with Gasteiger partial charge in [0.2, 0.25) is 0 Å². The molecule has 0 bridgehead atoms. The van der Waals surface area contributed by atoms with E-state index >= 15 is 0 Å². The van der Waals surface area contributed by atoms with Crippen LogP contribution in [0.2, 0.25) is 0 Å². The van der Waals surface area contributed by atoms with Crippen molar-refractivity contribution in [1.82, 2.24) is 5.32 Å². The van der Waals surface area contributed by atoms with Gasteiger partial charge in [-0.15, -0.1) is 0 Å². The van der Waals surface area contributed by atoms with Crippen LogP contribution in [-0.2, 0) is 13.0 Å². The van der Waals surface area contributed by atoms with Crippen LogP contribution in [-0.4, -0.2) is 12.6 Å². The van der Waals surface area contributed by atoms with Gasteiger partial charge in [-0.25, -0.2) is 0 Å². The highest BCUT2D eigenvalue weighted by molar-refractivity contribution is 5.56. The Bertz CT molecular complexity index is 371. The molecule has 0 saturated carbocycles. The summed E-state index contributed by atoms with van der Waals surface area (Å²) in [7, 11) is 0. The monoisotopic (exact) mass is 232 g/mol. The van der Waals surface area contributed by atoms with Crippen molar-refractivity contribution in [3.8, 4) is 0 Å². The molecular weight excluding hydrogens is 208 g/mol. The first-order valence-corrected chi connectivity index (χ1v) is 6.75. The van der Waals surface area contributed by atoms with E-state index in [9.17, 15) is 0 Å². The minimum Gasteiger partial charge on any atom is -0.382 e. The average Bonchev–Trinajstić information content (AvgIpc) is 2.28. The summed E-state index contributed by atoms with van der Waals surface area (Å²) in [4.78, 5) is 0. The number of fused-ring (bicyclic) bond motifs is 1. The lowest BCUT2D eigenvalue weighted by Gasteiger charge is -2.24. The fourth-order valence-electron chi connectivity index (χ4n) is 2.70. The Morgan fingerprint density at radius 1 is 1.29 bits per heavy atom. The predicted molar refractivity (Wildman–Crippen MR) is 74.4 cm³/mol. The lowest BCUT2D eigenvalue weighted by Crippen LogP contribution is -2.26. The quantitative estimate of drug-likeness (QED) is 0.833. The van der Waals surface area contributed by atoms with Gasteiger partial charge in [0, 0.05) is 18.3 Å². The highest BCUT2D eigenvalue weighted by Gasteiger charge is 2.13. The predicted octanol–water partition coefficient (Wildman–Crippen LogP) is 3.18. The van der Waals surface area contributed by atoms with Crippen molar-refractivity contribution in [2.24, 2.45) is 5.92 Å². The fourth-order valence-corrected chi connectivity index (χ4v) is 2.70. The van der Waals surface area contributed by atoms with Crippen LogP contribution in [0.4, 0.5) is 5.69 Å². The molecule has 1 aromatic rings. The largest absolute Gasteiger partial charge is 0.382 e. The molecule has 1 atom stereocenters. The summed E-state index contributed by atoms with van der Waals surface area (Å²) < 4.78 is 0. The third-order valence-corrected chi connectivity index (χ3v) is 3.37. The van der Waals surface area contributed by atoms with Gasteiger partial charge in [-0.05, 0) is 49.4 Å². The van der Waals surface area contributed by atoms with Crippen molar-refractivity contribution in [2.75, 3.05) is 11.9 Å². The molecule has 17 heavy (non-hydrogen) atoms. The lowest BCUT2D eigenvalue weighted by molar-refractivity contribution is 0.539. The minimum atomic E-state index is 0.552. The van der Waals surface area contributed by atoms with Crippen LogP contribution in [0.15, 0.2) is 18.2 Å². The van der Waals surface area contributed by atoms with E-state index in [2.05, 4.69) is 49.6 Å². The summed E-state index contributed by atoms with van der Waals surface area (Å²) in [5.41, 5.74) is 4.32. The Morgan fingerprint density at radius 3 is 2.88 bits per heavy atom. The molecule has 2 nitrogen and oxygen atoms in total. The number of rotatable bonds is 4. The van der Waals surface area contributed by atoms with Gasteiger partial charge < -0.3 is 10.6 Å². The van der Waals surface area contributed by atoms with Gasteiger partial charge >= 0.3 is 0 Å². The maximum atomic E-state index is 3.67. The van der Waals surface area contributed by atoms with Crippen LogP contribution < -0.4 is 10.6 Å². The zero-order valence-electron chi connectivity index (χ0n) is 11.2. The van der Waals surface area contributed by atoms with Crippen LogP contribution in [0.25, 0.3) is 0 Å². The summed E-state index contributed by atoms with van der Waals surface area (Å²) in [5, 5.41) is 7.10. The maximum Gasteiger partial charge on any atom is 0.0378 e. The minimum absolute atomic E-state index is 0.552. The highest BCUT2D eigenvalue weighted by atomic mass is 14.9. The summed E-state index contributed by atoms with van der Waals surface area (Å²) in [5.74, 6) is 0.749. The van der Waals surface area contributed by atoms with Gasteiger partial charge in [-0.1, -0.05) is 26.0 Å². The van der Waals surface area contributed by atoms with E-state index in [-0.39, 0.29) is 0 Å². The van der Waals surface area contributed by atoms with E-state index in [0.717, 1.165) is 25.4 Å². The standard InChI is InChI=1S/C15H24N2/c1-11(2)9-12(3)17-15-6-4-5-13-10-16-8-7-14(13)15/h4-6,11-12,16-17H,7-10H2,1-3H3. The Balaban J connectivity index is 2.10. The maximum absolute atomic E-state index is 3.67. The second kappa shape index (κ2) is 5.54. The summed E-state index contributed by atoms with van der Waals surface area (Å²) in [6, 6.07) is 7.17. The van der Waals surface area contributed by atoms with Crippen LogP contribution in [0.5, 0.6) is 0 Å². The SMILES string of the molecule is CC(C)CC(C)Nc1cccc2c1CCNC2. The topological polar surface area (TPSA) is 24.1 Å². The Hall–Kier alpha value is -1.02. The summed E-state index contributed by atoms with van der Waals surface area (Å²) in [6.45, 7) is 8.96. The third-order valence-electron chi connectivity index (χ3n) is 3.37. The molecule has 94 valence electrons. The van der Waals surface area contributed by atoms with Gasteiger partial charge in [-0.2, -0.15) is 0 Å². The molecule has 0 spiro atoms. The zero-order chi connectivity index (χ0) is 12.3. The number of hydrogen-bond donors (Lipinski definition) is 2. The van der Waals surface area contributed by atoms with Crippen LogP contribution in [0.3, 0.4) is 0 Å². The average molecular weight is 232 g/mol. The van der Waals surface area contributed by atoms with Crippen molar-refractivity contribution < 1.29 is 0 Å². The van der Waals surface area contributed by atoms with Gasteiger partial charge in [0.25, 0.3) is 0 Å². The Labute approximate surface area is 105 Å². The number of anilines is 1. The molecule has 1 aliphatic heterocycles. The van der Waals surface area contributed by atoms with Crippen molar-refractivity contribution in [2.45, 2.75) is 46.2 Å². The molecule has 2 rings (SSSR count). The summed E-state index contributed by atoms with van der Waals surface area (Å²) in [6.07, 6.45) is 2.37. The van der Waals surface area contributed by atoms with E-state index in [1.165, 1.54) is 23.2 Å². The molecule has 0 aliphatic carbocycles. The third kappa shape index (κ3) is 3.22. The molecule has 0 fully saturated rings. The zero-order valence-corrected chi connectivity index (χ0v) is 11.2. The Morgan fingerprint density at radius 2 is 2.12 bits per heavy atom.